The summed E-state index contributed by atoms with van der Waals surface area (Å²) in [4.78, 5) is 12.1. The van der Waals surface area contributed by atoms with Crippen molar-refractivity contribution >= 4 is 17.7 Å². The molecule has 144 valence electrons. The Balaban J connectivity index is 1.28. The van der Waals surface area contributed by atoms with Gasteiger partial charge >= 0.3 is 0 Å². The summed E-state index contributed by atoms with van der Waals surface area (Å²) in [5.74, 6) is 2.10. The van der Waals surface area contributed by atoms with Crippen molar-refractivity contribution in [3.05, 3.63) is 54.1 Å². The van der Waals surface area contributed by atoms with Crippen LogP contribution in [0.25, 0.3) is 11.5 Å². The minimum atomic E-state index is -0.0735. The molecule has 4 rings (SSSR count). The van der Waals surface area contributed by atoms with Gasteiger partial charge in [0.05, 0.1) is 5.75 Å². The molecule has 0 aliphatic carbocycles. The van der Waals surface area contributed by atoms with E-state index in [2.05, 4.69) is 34.6 Å². The summed E-state index contributed by atoms with van der Waals surface area (Å²) in [7, 11) is 0. The molecule has 0 spiro atoms. The number of amides is 1. The number of aromatic nitrogens is 2. The first-order valence-electron chi connectivity index (χ1n) is 8.87. The summed E-state index contributed by atoms with van der Waals surface area (Å²) in [5.41, 5.74) is 1.94. The van der Waals surface area contributed by atoms with Gasteiger partial charge in [-0.05, 0) is 29.7 Å². The number of ether oxygens (including phenoxy) is 2. The molecule has 1 aliphatic rings. The Morgan fingerprint density at radius 3 is 2.82 bits per heavy atom. The molecule has 2 heterocycles. The van der Waals surface area contributed by atoms with Crippen LogP contribution in [0.4, 0.5) is 0 Å². The smallest absolute Gasteiger partial charge is 0.277 e. The number of carbonyl (C=O) groups excluding carboxylic acids is 1. The fourth-order valence-corrected chi connectivity index (χ4v) is 3.35. The monoisotopic (exact) mass is 397 g/mol. The number of nitrogens with one attached hydrogen (secondary N) is 1. The zero-order chi connectivity index (χ0) is 19.3. The molecule has 1 amide bonds. The van der Waals surface area contributed by atoms with Gasteiger partial charge in [-0.1, -0.05) is 49.0 Å². The van der Waals surface area contributed by atoms with Gasteiger partial charge in [-0.25, -0.2) is 0 Å². The average Bonchev–Trinajstić information content (AvgIpc) is 3.39. The lowest BCUT2D eigenvalue weighted by atomic mass is 10.0. The molecule has 2 aromatic carbocycles. The van der Waals surface area contributed by atoms with Gasteiger partial charge in [0.1, 0.15) is 0 Å². The number of carbonyl (C=O) groups is 1. The normalized spacial score (nSPS) is 13.3. The molecule has 0 fully saturated rings. The van der Waals surface area contributed by atoms with E-state index in [0.29, 0.717) is 29.2 Å². The van der Waals surface area contributed by atoms with Gasteiger partial charge in [0.2, 0.25) is 18.6 Å². The number of hydrogen-bond donors (Lipinski definition) is 1. The number of rotatable bonds is 7. The summed E-state index contributed by atoms with van der Waals surface area (Å²) in [5, 5.41) is 11.3. The van der Waals surface area contributed by atoms with E-state index in [1.165, 1.54) is 17.3 Å². The molecule has 0 unspecified atom stereocenters. The fraction of sp³-hybridized carbons (Fsp3) is 0.250. The first-order valence-corrected chi connectivity index (χ1v) is 9.85. The third-order valence-electron chi connectivity index (χ3n) is 4.33. The Hall–Kier alpha value is -3.00. The van der Waals surface area contributed by atoms with Crippen LogP contribution in [0, 0.1) is 0 Å². The van der Waals surface area contributed by atoms with E-state index in [-0.39, 0.29) is 24.4 Å². The lowest BCUT2D eigenvalue weighted by Gasteiger charge is -2.12. The van der Waals surface area contributed by atoms with Crippen LogP contribution in [-0.2, 0) is 4.79 Å². The van der Waals surface area contributed by atoms with Crippen LogP contribution < -0.4 is 14.8 Å². The molecule has 1 N–H and O–H groups in total. The van der Waals surface area contributed by atoms with Crippen molar-refractivity contribution in [2.24, 2.45) is 0 Å². The molecule has 0 saturated heterocycles. The highest BCUT2D eigenvalue weighted by molar-refractivity contribution is 7.99. The third kappa shape index (κ3) is 4.28. The zero-order valence-electron chi connectivity index (χ0n) is 15.3. The second-order valence-corrected chi connectivity index (χ2v) is 7.27. The molecule has 1 aromatic heterocycles. The van der Waals surface area contributed by atoms with Crippen molar-refractivity contribution < 1.29 is 18.7 Å². The quantitative estimate of drug-likeness (QED) is 0.611. The highest BCUT2D eigenvalue weighted by Crippen LogP contribution is 2.35. The predicted octanol–water partition coefficient (Wildman–Crippen LogP) is 3.48. The number of thioether (sulfide) groups is 1. The van der Waals surface area contributed by atoms with Gasteiger partial charge < -0.3 is 19.2 Å². The Bertz CT molecular complexity index is 961. The Kier molecular flexibility index (Phi) is 5.48. The van der Waals surface area contributed by atoms with Gasteiger partial charge in [0.15, 0.2) is 11.5 Å². The van der Waals surface area contributed by atoms with E-state index in [9.17, 15) is 4.79 Å². The maximum absolute atomic E-state index is 12.1. The molecule has 28 heavy (non-hydrogen) atoms. The first-order chi connectivity index (χ1) is 13.7. The standard InChI is InChI=1S/C20H19N3O4S/c1-13(14-5-3-2-4-6-14)10-21-18(24)11-28-20-23-22-19(27-20)15-7-8-16-17(9-15)26-12-25-16/h2-9,13H,10-12H2,1H3,(H,21,24)/t13-/m0/s1. The van der Waals surface area contributed by atoms with Gasteiger partial charge in [-0.3, -0.25) is 4.79 Å². The summed E-state index contributed by atoms with van der Waals surface area (Å²) in [6.07, 6.45) is 0. The molecular weight excluding hydrogens is 378 g/mol. The largest absolute Gasteiger partial charge is 0.454 e. The SMILES string of the molecule is C[C@@H](CNC(=O)CSc1nnc(-c2ccc3c(c2)OCO3)o1)c1ccccc1. The van der Waals surface area contributed by atoms with E-state index >= 15 is 0 Å². The van der Waals surface area contributed by atoms with E-state index in [0.717, 1.165) is 5.56 Å². The van der Waals surface area contributed by atoms with Crippen LogP contribution in [0.15, 0.2) is 58.2 Å². The van der Waals surface area contributed by atoms with Crippen LogP contribution >= 0.6 is 11.8 Å². The highest BCUT2D eigenvalue weighted by Gasteiger charge is 2.17. The van der Waals surface area contributed by atoms with Crippen molar-refractivity contribution in [3.8, 4) is 23.0 Å². The minimum absolute atomic E-state index is 0.0735. The molecule has 3 aromatic rings. The van der Waals surface area contributed by atoms with Gasteiger partial charge in [0, 0.05) is 12.1 Å². The predicted molar refractivity (Wildman–Crippen MR) is 104 cm³/mol. The summed E-state index contributed by atoms with van der Waals surface area (Å²) in [6, 6.07) is 15.5. The highest BCUT2D eigenvalue weighted by atomic mass is 32.2. The fourth-order valence-electron chi connectivity index (χ4n) is 2.76. The molecule has 8 heteroatoms. The summed E-state index contributed by atoms with van der Waals surface area (Å²) in [6.45, 7) is 2.87. The lowest BCUT2D eigenvalue weighted by molar-refractivity contribution is -0.118. The van der Waals surface area contributed by atoms with Crippen LogP contribution in [0.1, 0.15) is 18.4 Å². The van der Waals surface area contributed by atoms with Crippen LogP contribution in [-0.4, -0.2) is 35.2 Å². The second kappa shape index (κ2) is 8.35. The molecule has 0 saturated carbocycles. The summed E-state index contributed by atoms with van der Waals surface area (Å²) < 4.78 is 16.3. The number of fused-ring (bicyclic) bond motifs is 1. The molecule has 0 bridgehead atoms. The Morgan fingerprint density at radius 1 is 1.14 bits per heavy atom. The Morgan fingerprint density at radius 2 is 1.96 bits per heavy atom. The van der Waals surface area contributed by atoms with Crippen molar-refractivity contribution in [2.45, 2.75) is 18.1 Å². The topological polar surface area (TPSA) is 86.5 Å². The Labute approximate surface area is 166 Å². The van der Waals surface area contributed by atoms with Crippen molar-refractivity contribution in [1.29, 1.82) is 0 Å². The van der Waals surface area contributed by atoms with Crippen molar-refractivity contribution in [2.75, 3.05) is 19.1 Å². The molecular formula is C20H19N3O4S. The zero-order valence-corrected chi connectivity index (χ0v) is 16.1. The summed E-state index contributed by atoms with van der Waals surface area (Å²) >= 11 is 1.21. The van der Waals surface area contributed by atoms with Gasteiger partial charge in [-0.15, -0.1) is 10.2 Å². The van der Waals surface area contributed by atoms with Gasteiger partial charge in [-0.2, -0.15) is 0 Å². The third-order valence-corrected chi connectivity index (χ3v) is 5.15. The van der Waals surface area contributed by atoms with Gasteiger partial charge in [0.25, 0.3) is 5.22 Å². The first kappa shape index (κ1) is 18.4. The maximum atomic E-state index is 12.1. The lowest BCUT2D eigenvalue weighted by Crippen LogP contribution is -2.28. The molecule has 0 radical (unpaired) electrons. The van der Waals surface area contributed by atoms with Crippen molar-refractivity contribution in [3.63, 3.8) is 0 Å². The van der Waals surface area contributed by atoms with E-state index in [4.69, 9.17) is 13.9 Å². The molecule has 1 aliphatic heterocycles. The molecule has 7 nitrogen and oxygen atoms in total. The molecule has 1 atom stereocenters. The van der Waals surface area contributed by atoms with Crippen LogP contribution in [0.3, 0.4) is 0 Å². The van der Waals surface area contributed by atoms with E-state index < -0.39 is 0 Å². The number of hydrogen-bond acceptors (Lipinski definition) is 7. The van der Waals surface area contributed by atoms with Crippen molar-refractivity contribution in [1.82, 2.24) is 15.5 Å². The van der Waals surface area contributed by atoms with Crippen LogP contribution in [0.2, 0.25) is 0 Å². The minimum Gasteiger partial charge on any atom is -0.454 e. The van der Waals surface area contributed by atoms with Crippen LogP contribution in [0.5, 0.6) is 11.5 Å². The maximum Gasteiger partial charge on any atom is 0.277 e. The number of benzene rings is 2. The average molecular weight is 397 g/mol. The van der Waals surface area contributed by atoms with E-state index in [1.807, 2.05) is 24.3 Å². The van der Waals surface area contributed by atoms with E-state index in [1.54, 1.807) is 12.1 Å². The number of nitrogens with zero attached hydrogens (tertiary/aromatic N) is 2. The second-order valence-electron chi connectivity index (χ2n) is 6.35.